The zero-order chi connectivity index (χ0) is 14.0. The van der Waals surface area contributed by atoms with E-state index in [1.165, 1.54) is 12.1 Å². The SMILES string of the molecule is CC(C)c1nc(N)cc(Nc2ccc(F)c(Cl)c2)n1. The summed E-state index contributed by atoms with van der Waals surface area (Å²) >= 11 is 5.72. The summed E-state index contributed by atoms with van der Waals surface area (Å²) in [6, 6.07) is 5.97. The lowest BCUT2D eigenvalue weighted by Gasteiger charge is -2.10. The summed E-state index contributed by atoms with van der Waals surface area (Å²) in [6.45, 7) is 3.96. The van der Waals surface area contributed by atoms with Crippen LogP contribution in [0.1, 0.15) is 25.6 Å². The van der Waals surface area contributed by atoms with Gasteiger partial charge < -0.3 is 11.1 Å². The van der Waals surface area contributed by atoms with E-state index in [1.807, 2.05) is 13.8 Å². The van der Waals surface area contributed by atoms with Gasteiger partial charge in [-0.15, -0.1) is 0 Å². The van der Waals surface area contributed by atoms with E-state index >= 15 is 0 Å². The van der Waals surface area contributed by atoms with Crippen LogP contribution in [0.5, 0.6) is 0 Å². The van der Waals surface area contributed by atoms with Crippen LogP contribution in [0.3, 0.4) is 0 Å². The molecule has 0 amide bonds. The smallest absolute Gasteiger partial charge is 0.141 e. The Hall–Kier alpha value is -1.88. The fourth-order valence-corrected chi connectivity index (χ4v) is 1.71. The summed E-state index contributed by atoms with van der Waals surface area (Å²) in [5.74, 6) is 1.29. The molecule has 2 aromatic rings. The molecule has 4 nitrogen and oxygen atoms in total. The maximum Gasteiger partial charge on any atom is 0.141 e. The molecule has 0 spiro atoms. The molecule has 3 N–H and O–H groups in total. The standard InChI is InChI=1S/C13H14ClFN4/c1-7(2)13-18-11(16)6-12(19-13)17-8-3-4-10(15)9(14)5-8/h3-7H,1-2H3,(H3,16,17,18,19). The minimum atomic E-state index is -0.461. The van der Waals surface area contributed by atoms with E-state index < -0.39 is 5.82 Å². The van der Waals surface area contributed by atoms with E-state index in [4.69, 9.17) is 17.3 Å². The molecule has 0 aliphatic rings. The van der Waals surface area contributed by atoms with E-state index in [0.29, 0.717) is 23.1 Å². The average Bonchev–Trinajstić information content (AvgIpc) is 2.33. The zero-order valence-electron chi connectivity index (χ0n) is 10.6. The van der Waals surface area contributed by atoms with Crippen molar-refractivity contribution in [3.8, 4) is 0 Å². The second kappa shape index (κ2) is 5.40. The van der Waals surface area contributed by atoms with Crippen molar-refractivity contribution in [3.05, 3.63) is 40.9 Å². The molecule has 0 saturated carbocycles. The maximum atomic E-state index is 13.1. The Morgan fingerprint density at radius 2 is 2.00 bits per heavy atom. The third kappa shape index (κ3) is 3.32. The van der Waals surface area contributed by atoms with Gasteiger partial charge in [0, 0.05) is 17.7 Å². The summed E-state index contributed by atoms with van der Waals surface area (Å²) < 4.78 is 13.1. The molecule has 100 valence electrons. The van der Waals surface area contributed by atoms with E-state index in [-0.39, 0.29) is 10.9 Å². The van der Waals surface area contributed by atoms with E-state index in [2.05, 4.69) is 15.3 Å². The fraction of sp³-hybridized carbons (Fsp3) is 0.231. The summed E-state index contributed by atoms with van der Waals surface area (Å²) in [7, 11) is 0. The molecule has 6 heteroatoms. The van der Waals surface area contributed by atoms with Gasteiger partial charge in [0.1, 0.15) is 23.3 Å². The molecular weight excluding hydrogens is 267 g/mol. The minimum absolute atomic E-state index is 0.0520. The van der Waals surface area contributed by atoms with Crippen molar-refractivity contribution in [2.75, 3.05) is 11.1 Å². The van der Waals surface area contributed by atoms with Crippen LogP contribution in [0.4, 0.5) is 21.7 Å². The van der Waals surface area contributed by atoms with Gasteiger partial charge in [0.05, 0.1) is 5.02 Å². The molecule has 2 rings (SSSR count). The third-order valence-corrected chi connectivity index (χ3v) is 2.76. The number of aromatic nitrogens is 2. The Kier molecular flexibility index (Phi) is 3.85. The summed E-state index contributed by atoms with van der Waals surface area (Å²) in [5, 5.41) is 3.08. The molecule has 0 saturated heterocycles. The van der Waals surface area contributed by atoms with Crippen molar-refractivity contribution in [1.29, 1.82) is 0 Å². The number of hydrogen-bond acceptors (Lipinski definition) is 4. The molecule has 19 heavy (non-hydrogen) atoms. The predicted octanol–water partition coefficient (Wildman–Crippen LogP) is 3.72. The lowest BCUT2D eigenvalue weighted by atomic mass is 10.2. The van der Waals surface area contributed by atoms with Crippen LogP contribution in [0.15, 0.2) is 24.3 Å². The number of nitrogens with two attached hydrogens (primary N) is 1. The van der Waals surface area contributed by atoms with Crippen LogP contribution < -0.4 is 11.1 Å². The molecule has 0 aliphatic heterocycles. The van der Waals surface area contributed by atoms with Crippen LogP contribution in [-0.2, 0) is 0 Å². The number of nitrogen functional groups attached to an aromatic ring is 1. The Balaban J connectivity index is 2.29. The van der Waals surface area contributed by atoms with Crippen molar-refractivity contribution in [1.82, 2.24) is 9.97 Å². The Bertz CT molecular complexity index is 601. The Labute approximate surface area is 115 Å². The quantitative estimate of drug-likeness (QED) is 0.899. The first-order valence-corrected chi connectivity index (χ1v) is 6.20. The molecule has 0 radical (unpaired) electrons. The van der Waals surface area contributed by atoms with Gasteiger partial charge in [-0.25, -0.2) is 14.4 Å². The number of hydrogen-bond donors (Lipinski definition) is 2. The number of nitrogens with one attached hydrogen (secondary N) is 1. The first kappa shape index (κ1) is 13.5. The van der Waals surface area contributed by atoms with Crippen LogP contribution in [0.25, 0.3) is 0 Å². The van der Waals surface area contributed by atoms with E-state index in [9.17, 15) is 4.39 Å². The Morgan fingerprint density at radius 3 is 2.63 bits per heavy atom. The first-order chi connectivity index (χ1) is 8.95. The average molecular weight is 281 g/mol. The molecular formula is C13H14ClFN4. The molecule has 0 atom stereocenters. The topological polar surface area (TPSA) is 63.8 Å². The largest absolute Gasteiger partial charge is 0.384 e. The summed E-state index contributed by atoms with van der Waals surface area (Å²) in [5.41, 5.74) is 6.37. The highest BCUT2D eigenvalue weighted by Gasteiger charge is 2.07. The van der Waals surface area contributed by atoms with E-state index in [1.54, 1.807) is 12.1 Å². The van der Waals surface area contributed by atoms with Gasteiger partial charge in [0.25, 0.3) is 0 Å². The van der Waals surface area contributed by atoms with Gasteiger partial charge in [-0.1, -0.05) is 25.4 Å². The molecule has 0 bridgehead atoms. The summed E-state index contributed by atoms with van der Waals surface area (Å²) in [4.78, 5) is 8.49. The molecule has 1 aromatic carbocycles. The van der Waals surface area contributed by atoms with Gasteiger partial charge in [0.2, 0.25) is 0 Å². The van der Waals surface area contributed by atoms with Crippen molar-refractivity contribution in [3.63, 3.8) is 0 Å². The Morgan fingerprint density at radius 1 is 1.26 bits per heavy atom. The molecule has 1 heterocycles. The number of benzene rings is 1. The number of nitrogens with zero attached hydrogens (tertiary/aromatic N) is 2. The highest BCUT2D eigenvalue weighted by molar-refractivity contribution is 6.31. The van der Waals surface area contributed by atoms with Gasteiger partial charge in [-0.2, -0.15) is 0 Å². The second-order valence-electron chi connectivity index (χ2n) is 4.44. The van der Waals surface area contributed by atoms with Gasteiger partial charge in [0.15, 0.2) is 0 Å². The lowest BCUT2D eigenvalue weighted by molar-refractivity contribution is 0.628. The monoisotopic (exact) mass is 280 g/mol. The second-order valence-corrected chi connectivity index (χ2v) is 4.85. The minimum Gasteiger partial charge on any atom is -0.384 e. The van der Waals surface area contributed by atoms with Crippen molar-refractivity contribution >= 4 is 28.9 Å². The molecule has 1 aromatic heterocycles. The first-order valence-electron chi connectivity index (χ1n) is 5.82. The highest BCUT2D eigenvalue weighted by Crippen LogP contribution is 2.23. The van der Waals surface area contributed by atoms with Crippen LogP contribution in [0.2, 0.25) is 5.02 Å². The van der Waals surface area contributed by atoms with Gasteiger partial charge >= 0.3 is 0 Å². The van der Waals surface area contributed by atoms with Gasteiger partial charge in [-0.05, 0) is 18.2 Å². The zero-order valence-corrected chi connectivity index (χ0v) is 11.4. The third-order valence-electron chi connectivity index (χ3n) is 2.47. The van der Waals surface area contributed by atoms with Gasteiger partial charge in [-0.3, -0.25) is 0 Å². The number of rotatable bonds is 3. The van der Waals surface area contributed by atoms with Crippen LogP contribution in [0, 0.1) is 5.82 Å². The fourth-order valence-electron chi connectivity index (χ4n) is 1.53. The van der Waals surface area contributed by atoms with E-state index in [0.717, 1.165) is 0 Å². The van der Waals surface area contributed by atoms with Crippen molar-refractivity contribution in [2.24, 2.45) is 0 Å². The van der Waals surface area contributed by atoms with Crippen molar-refractivity contribution in [2.45, 2.75) is 19.8 Å². The van der Waals surface area contributed by atoms with Crippen LogP contribution >= 0.6 is 11.6 Å². The van der Waals surface area contributed by atoms with Crippen LogP contribution in [-0.4, -0.2) is 9.97 Å². The molecule has 0 fully saturated rings. The molecule has 0 unspecified atom stereocenters. The number of anilines is 3. The highest BCUT2D eigenvalue weighted by atomic mass is 35.5. The number of halogens is 2. The normalized spacial score (nSPS) is 10.8. The summed E-state index contributed by atoms with van der Waals surface area (Å²) in [6.07, 6.45) is 0. The predicted molar refractivity (Wildman–Crippen MR) is 75.2 cm³/mol. The van der Waals surface area contributed by atoms with Crippen molar-refractivity contribution < 1.29 is 4.39 Å². The lowest BCUT2D eigenvalue weighted by Crippen LogP contribution is -2.04. The maximum absolute atomic E-state index is 13.1. The molecule has 0 aliphatic carbocycles.